The van der Waals surface area contributed by atoms with Gasteiger partial charge in [-0.3, -0.25) is 9.48 Å². The Kier molecular flexibility index (Phi) is 3.79. The van der Waals surface area contributed by atoms with Crippen molar-refractivity contribution < 1.29 is 4.79 Å². The lowest BCUT2D eigenvalue weighted by atomic mass is 9.86. The van der Waals surface area contributed by atoms with Gasteiger partial charge in [-0.15, -0.1) is 11.3 Å². The summed E-state index contributed by atoms with van der Waals surface area (Å²) in [5, 5.41) is 4.88. The number of aromatic nitrogens is 3. The van der Waals surface area contributed by atoms with Crippen LogP contribution in [-0.2, 0) is 13.6 Å². The molecule has 1 atom stereocenters. The quantitative estimate of drug-likeness (QED) is 0.536. The number of rotatable bonds is 2. The Balaban J connectivity index is 1.52. The highest BCUT2D eigenvalue weighted by Gasteiger charge is 2.31. The molecule has 0 saturated carbocycles. The fraction of sp³-hybridized carbons (Fsp3) is 0.190. The maximum absolute atomic E-state index is 13.2. The monoisotopic (exact) mass is 374 g/mol. The number of para-hydroxylation sites is 1. The molecule has 6 heteroatoms. The van der Waals surface area contributed by atoms with Crippen molar-refractivity contribution in [3.05, 3.63) is 82.6 Å². The Labute approximate surface area is 160 Å². The van der Waals surface area contributed by atoms with E-state index in [1.807, 2.05) is 59.4 Å². The van der Waals surface area contributed by atoms with Crippen molar-refractivity contribution in [3.8, 4) is 0 Å². The number of fused-ring (bicyclic) bond motifs is 2. The van der Waals surface area contributed by atoms with Gasteiger partial charge in [0.2, 0.25) is 0 Å². The fourth-order valence-electron chi connectivity index (χ4n) is 3.77. The second-order valence-corrected chi connectivity index (χ2v) is 7.90. The first-order chi connectivity index (χ1) is 13.2. The SMILES string of the molecule is Cn1cc(C2CN(C(=O)c3nc4ccccc4s3)Cc3ccccc32)cn1. The van der Waals surface area contributed by atoms with E-state index in [0.717, 1.165) is 15.8 Å². The van der Waals surface area contributed by atoms with Crippen molar-refractivity contribution in [2.24, 2.45) is 7.05 Å². The smallest absolute Gasteiger partial charge is 0.283 e. The Morgan fingerprint density at radius 2 is 1.96 bits per heavy atom. The maximum atomic E-state index is 13.2. The first kappa shape index (κ1) is 16.2. The van der Waals surface area contributed by atoms with E-state index < -0.39 is 0 Å². The number of carbonyl (C=O) groups is 1. The third-order valence-corrected chi connectivity index (χ3v) is 6.11. The molecule has 1 aliphatic rings. The van der Waals surface area contributed by atoms with Crippen LogP contribution in [-0.4, -0.2) is 32.1 Å². The third-order valence-electron chi connectivity index (χ3n) is 5.09. The summed E-state index contributed by atoms with van der Waals surface area (Å²) in [6.45, 7) is 1.25. The Bertz CT molecular complexity index is 1110. The Morgan fingerprint density at radius 1 is 1.15 bits per heavy atom. The highest BCUT2D eigenvalue weighted by Crippen LogP contribution is 2.34. The highest BCUT2D eigenvalue weighted by atomic mass is 32.1. The number of thiazole rings is 1. The largest absolute Gasteiger partial charge is 0.331 e. The summed E-state index contributed by atoms with van der Waals surface area (Å²) < 4.78 is 2.86. The minimum atomic E-state index is -0.000377. The van der Waals surface area contributed by atoms with E-state index in [1.54, 1.807) is 0 Å². The average Bonchev–Trinajstić information content (AvgIpc) is 3.32. The summed E-state index contributed by atoms with van der Waals surface area (Å²) in [6.07, 6.45) is 3.93. The van der Waals surface area contributed by atoms with Gasteiger partial charge >= 0.3 is 0 Å². The van der Waals surface area contributed by atoms with Crippen molar-refractivity contribution in [1.82, 2.24) is 19.7 Å². The molecule has 1 amide bonds. The van der Waals surface area contributed by atoms with Gasteiger partial charge in [0.1, 0.15) is 0 Å². The normalized spacial score (nSPS) is 16.5. The molecular weight excluding hydrogens is 356 g/mol. The zero-order chi connectivity index (χ0) is 18.4. The van der Waals surface area contributed by atoms with Gasteiger partial charge in [-0.1, -0.05) is 36.4 Å². The molecule has 2 aromatic carbocycles. The lowest BCUT2D eigenvalue weighted by Gasteiger charge is -2.34. The average molecular weight is 374 g/mol. The van der Waals surface area contributed by atoms with Crippen LogP contribution in [0.5, 0.6) is 0 Å². The van der Waals surface area contributed by atoms with Crippen molar-refractivity contribution in [3.63, 3.8) is 0 Å². The van der Waals surface area contributed by atoms with Crippen LogP contribution in [0, 0.1) is 0 Å². The lowest BCUT2D eigenvalue weighted by molar-refractivity contribution is 0.0725. The summed E-state index contributed by atoms with van der Waals surface area (Å²) in [6, 6.07) is 16.2. The summed E-state index contributed by atoms with van der Waals surface area (Å²) >= 11 is 1.46. The molecule has 134 valence electrons. The van der Waals surface area contributed by atoms with E-state index in [-0.39, 0.29) is 11.8 Å². The zero-order valence-corrected chi connectivity index (χ0v) is 15.7. The van der Waals surface area contributed by atoms with Crippen LogP contribution in [0.2, 0.25) is 0 Å². The summed E-state index contributed by atoms with van der Waals surface area (Å²) in [4.78, 5) is 19.7. The van der Waals surface area contributed by atoms with Gasteiger partial charge in [0.15, 0.2) is 5.01 Å². The predicted octanol–water partition coefficient (Wildman–Crippen LogP) is 3.82. The molecule has 5 rings (SSSR count). The molecule has 1 aliphatic heterocycles. The molecule has 0 radical (unpaired) electrons. The van der Waals surface area contributed by atoms with Crippen LogP contribution in [0.15, 0.2) is 60.9 Å². The van der Waals surface area contributed by atoms with Gasteiger partial charge in [0, 0.05) is 32.3 Å². The van der Waals surface area contributed by atoms with E-state index in [0.29, 0.717) is 18.1 Å². The van der Waals surface area contributed by atoms with E-state index in [9.17, 15) is 4.79 Å². The topological polar surface area (TPSA) is 51.0 Å². The van der Waals surface area contributed by atoms with Gasteiger partial charge in [-0.25, -0.2) is 4.98 Å². The number of benzene rings is 2. The van der Waals surface area contributed by atoms with Crippen molar-refractivity contribution in [2.45, 2.75) is 12.5 Å². The number of aryl methyl sites for hydroxylation is 1. The fourth-order valence-corrected chi connectivity index (χ4v) is 4.70. The number of hydrogen-bond acceptors (Lipinski definition) is 4. The molecule has 0 N–H and O–H groups in total. The second-order valence-electron chi connectivity index (χ2n) is 6.87. The molecule has 0 spiro atoms. The molecule has 0 bridgehead atoms. The van der Waals surface area contributed by atoms with E-state index in [2.05, 4.69) is 28.3 Å². The summed E-state index contributed by atoms with van der Waals surface area (Å²) in [5.41, 5.74) is 4.48. The standard InChI is InChI=1S/C21H18N4OS/c1-24-11-15(10-22-24)17-13-25(12-14-6-2-3-7-16(14)17)21(26)20-23-18-8-4-5-9-19(18)27-20/h2-11,17H,12-13H2,1H3. The number of amides is 1. The number of nitrogens with zero attached hydrogens (tertiary/aromatic N) is 4. The van der Waals surface area contributed by atoms with Crippen LogP contribution in [0.1, 0.15) is 32.4 Å². The Hall–Kier alpha value is -2.99. The number of carbonyl (C=O) groups excluding carboxylic acids is 1. The van der Waals surface area contributed by atoms with E-state index in [4.69, 9.17) is 0 Å². The molecular formula is C21H18N4OS. The van der Waals surface area contributed by atoms with Gasteiger partial charge in [-0.2, -0.15) is 5.10 Å². The van der Waals surface area contributed by atoms with E-state index in [1.165, 1.54) is 22.5 Å². The minimum absolute atomic E-state index is 0.000377. The zero-order valence-electron chi connectivity index (χ0n) is 14.9. The van der Waals surface area contributed by atoms with Gasteiger partial charge in [-0.05, 0) is 28.8 Å². The molecule has 0 aliphatic carbocycles. The highest BCUT2D eigenvalue weighted by molar-refractivity contribution is 7.20. The van der Waals surface area contributed by atoms with Crippen LogP contribution in [0.3, 0.4) is 0 Å². The van der Waals surface area contributed by atoms with Crippen molar-refractivity contribution in [2.75, 3.05) is 6.54 Å². The second kappa shape index (κ2) is 6.32. The summed E-state index contributed by atoms with van der Waals surface area (Å²) in [5.74, 6) is 0.126. The van der Waals surface area contributed by atoms with Crippen LogP contribution in [0.4, 0.5) is 0 Å². The maximum Gasteiger partial charge on any atom is 0.283 e. The van der Waals surface area contributed by atoms with Crippen LogP contribution < -0.4 is 0 Å². The number of hydrogen-bond donors (Lipinski definition) is 0. The van der Waals surface area contributed by atoms with Gasteiger partial charge in [0.05, 0.1) is 16.4 Å². The van der Waals surface area contributed by atoms with Crippen LogP contribution in [0.25, 0.3) is 10.2 Å². The molecule has 2 aromatic heterocycles. The molecule has 5 nitrogen and oxygen atoms in total. The predicted molar refractivity (Wildman–Crippen MR) is 106 cm³/mol. The summed E-state index contributed by atoms with van der Waals surface area (Å²) in [7, 11) is 1.92. The van der Waals surface area contributed by atoms with Crippen molar-refractivity contribution in [1.29, 1.82) is 0 Å². The molecule has 0 fully saturated rings. The van der Waals surface area contributed by atoms with Crippen molar-refractivity contribution >= 4 is 27.5 Å². The molecule has 1 unspecified atom stereocenters. The lowest BCUT2D eigenvalue weighted by Crippen LogP contribution is -2.38. The third kappa shape index (κ3) is 2.82. The molecule has 4 aromatic rings. The Morgan fingerprint density at radius 3 is 2.78 bits per heavy atom. The van der Waals surface area contributed by atoms with Gasteiger partial charge < -0.3 is 4.90 Å². The molecule has 0 saturated heterocycles. The minimum Gasteiger partial charge on any atom is -0.331 e. The first-order valence-electron chi connectivity index (χ1n) is 8.90. The van der Waals surface area contributed by atoms with Crippen LogP contribution >= 0.6 is 11.3 Å². The van der Waals surface area contributed by atoms with E-state index >= 15 is 0 Å². The molecule has 27 heavy (non-hydrogen) atoms. The first-order valence-corrected chi connectivity index (χ1v) is 9.72. The van der Waals surface area contributed by atoms with Gasteiger partial charge in [0.25, 0.3) is 5.91 Å². The molecule has 3 heterocycles.